The number of fused-ring (bicyclic) bond motifs is 3. The van der Waals surface area contributed by atoms with E-state index in [2.05, 4.69) is 32.5 Å². The van der Waals surface area contributed by atoms with Crippen molar-refractivity contribution in [1.29, 1.82) is 0 Å². The monoisotopic (exact) mass is 575 g/mol. The second kappa shape index (κ2) is 10.8. The molecule has 7 rings (SSSR count). The Bertz CT molecular complexity index is 1360. The van der Waals surface area contributed by atoms with Gasteiger partial charge in [-0.1, -0.05) is 25.7 Å². The largest absolute Gasteiger partial charge is 0.351 e. The number of benzene rings is 1. The molecule has 224 valence electrons. The number of anilines is 4. The van der Waals surface area contributed by atoms with Crippen LogP contribution in [0.4, 0.5) is 27.5 Å². The van der Waals surface area contributed by atoms with Gasteiger partial charge in [0.25, 0.3) is 5.91 Å². The van der Waals surface area contributed by atoms with Gasteiger partial charge in [-0.15, -0.1) is 0 Å². The van der Waals surface area contributed by atoms with Gasteiger partial charge in [-0.25, -0.2) is 9.37 Å². The third-order valence-corrected chi connectivity index (χ3v) is 10.6. The van der Waals surface area contributed by atoms with Crippen molar-refractivity contribution in [1.82, 2.24) is 20.2 Å². The molecule has 2 saturated carbocycles. The maximum absolute atomic E-state index is 15.3. The van der Waals surface area contributed by atoms with E-state index >= 15 is 4.39 Å². The zero-order valence-electron chi connectivity index (χ0n) is 24.7. The SMILES string of the molecule is CN1C(=O)C2(CC2)CN(C2CCCCC2)c2nc(Nc3ccc(C(=O)NC4CC5CCCC(C4)N5C)cc3F)ncc21. The van der Waals surface area contributed by atoms with Crippen LogP contribution in [0, 0.1) is 11.2 Å². The minimum atomic E-state index is -0.533. The second-order valence-electron chi connectivity index (χ2n) is 13.3. The molecular formula is C32H42FN7O2. The second-order valence-corrected chi connectivity index (χ2v) is 13.3. The Morgan fingerprint density at radius 1 is 1.00 bits per heavy atom. The van der Waals surface area contributed by atoms with E-state index in [0.29, 0.717) is 35.9 Å². The van der Waals surface area contributed by atoms with Crippen LogP contribution in [0.2, 0.25) is 0 Å². The molecule has 5 aliphatic rings. The third-order valence-electron chi connectivity index (χ3n) is 10.6. The van der Waals surface area contributed by atoms with Gasteiger partial charge in [0, 0.05) is 43.3 Å². The van der Waals surface area contributed by atoms with Crippen LogP contribution >= 0.6 is 0 Å². The summed E-state index contributed by atoms with van der Waals surface area (Å²) < 4.78 is 15.3. The highest BCUT2D eigenvalue weighted by Gasteiger charge is 2.55. The lowest BCUT2D eigenvalue weighted by molar-refractivity contribution is -0.123. The number of aromatic nitrogens is 2. The summed E-state index contributed by atoms with van der Waals surface area (Å²) in [5.41, 5.74) is 0.880. The zero-order valence-corrected chi connectivity index (χ0v) is 24.7. The quantitative estimate of drug-likeness (QED) is 0.518. The van der Waals surface area contributed by atoms with Gasteiger partial charge in [0.1, 0.15) is 11.5 Å². The minimum Gasteiger partial charge on any atom is -0.351 e. The van der Waals surface area contributed by atoms with Gasteiger partial charge >= 0.3 is 0 Å². The highest BCUT2D eigenvalue weighted by Crippen LogP contribution is 2.52. The first-order chi connectivity index (χ1) is 20.3. The molecule has 2 amide bonds. The highest BCUT2D eigenvalue weighted by atomic mass is 19.1. The summed E-state index contributed by atoms with van der Waals surface area (Å²) in [6.07, 6.45) is 14.7. The number of hydrogen-bond donors (Lipinski definition) is 2. The molecule has 9 nitrogen and oxygen atoms in total. The van der Waals surface area contributed by atoms with Crippen LogP contribution < -0.4 is 20.4 Å². The molecule has 2 aromatic rings. The first-order valence-electron chi connectivity index (χ1n) is 15.8. The number of hydrogen-bond acceptors (Lipinski definition) is 7. The lowest BCUT2D eigenvalue weighted by atomic mass is 9.82. The Hall–Kier alpha value is -3.27. The molecule has 2 bridgehead atoms. The fourth-order valence-electron chi connectivity index (χ4n) is 7.91. The maximum Gasteiger partial charge on any atom is 0.251 e. The number of nitrogens with zero attached hydrogens (tertiary/aromatic N) is 5. The predicted molar refractivity (Wildman–Crippen MR) is 161 cm³/mol. The molecule has 2 aliphatic carbocycles. The first-order valence-corrected chi connectivity index (χ1v) is 15.8. The summed E-state index contributed by atoms with van der Waals surface area (Å²) in [7, 11) is 4.00. The Morgan fingerprint density at radius 3 is 2.40 bits per heavy atom. The van der Waals surface area contributed by atoms with E-state index in [9.17, 15) is 9.59 Å². The van der Waals surface area contributed by atoms with Crippen molar-refractivity contribution in [3.05, 3.63) is 35.8 Å². The van der Waals surface area contributed by atoms with Crippen molar-refractivity contribution in [3.8, 4) is 0 Å². The average molecular weight is 576 g/mol. The molecule has 42 heavy (non-hydrogen) atoms. The number of nitrogens with one attached hydrogen (secondary N) is 2. The molecule has 2 atom stereocenters. The van der Waals surface area contributed by atoms with Gasteiger partial charge in [-0.3, -0.25) is 9.59 Å². The molecule has 1 aromatic heterocycles. The number of halogens is 1. The van der Waals surface area contributed by atoms with Crippen molar-refractivity contribution in [2.75, 3.05) is 35.8 Å². The third kappa shape index (κ3) is 5.01. The number of carbonyl (C=O) groups is 2. The summed E-state index contributed by atoms with van der Waals surface area (Å²) in [5, 5.41) is 6.20. The van der Waals surface area contributed by atoms with Gasteiger partial charge in [0.15, 0.2) is 5.82 Å². The summed E-state index contributed by atoms with van der Waals surface area (Å²) in [5.74, 6) is 0.373. The molecule has 10 heteroatoms. The van der Waals surface area contributed by atoms with Crippen LogP contribution in [0.3, 0.4) is 0 Å². The minimum absolute atomic E-state index is 0.116. The van der Waals surface area contributed by atoms with Gasteiger partial charge in [-0.2, -0.15) is 4.98 Å². The normalized spacial score (nSPS) is 27.4. The van der Waals surface area contributed by atoms with Gasteiger partial charge in [0.05, 0.1) is 17.3 Å². The summed E-state index contributed by atoms with van der Waals surface area (Å²) in [6.45, 7) is 0.668. The van der Waals surface area contributed by atoms with Crippen LogP contribution in [0.1, 0.15) is 87.4 Å². The van der Waals surface area contributed by atoms with E-state index in [1.807, 2.05) is 7.05 Å². The van der Waals surface area contributed by atoms with Crippen LogP contribution in [-0.4, -0.2) is 71.5 Å². The van der Waals surface area contributed by atoms with E-state index < -0.39 is 5.82 Å². The molecule has 4 fully saturated rings. The smallest absolute Gasteiger partial charge is 0.251 e. The Balaban J connectivity index is 1.09. The summed E-state index contributed by atoms with van der Waals surface area (Å²) in [6, 6.07) is 5.98. The van der Waals surface area contributed by atoms with Crippen LogP contribution in [0.25, 0.3) is 0 Å². The summed E-state index contributed by atoms with van der Waals surface area (Å²) >= 11 is 0. The predicted octanol–water partition coefficient (Wildman–Crippen LogP) is 5.00. The van der Waals surface area contributed by atoms with E-state index in [1.165, 1.54) is 44.6 Å². The van der Waals surface area contributed by atoms with Crippen molar-refractivity contribution in [3.63, 3.8) is 0 Å². The average Bonchev–Trinajstić information content (AvgIpc) is 3.78. The molecular weight excluding hydrogens is 533 g/mol. The van der Waals surface area contributed by atoms with E-state index in [0.717, 1.165) is 44.3 Å². The fourth-order valence-corrected chi connectivity index (χ4v) is 7.91. The molecule has 4 heterocycles. The number of piperidine rings is 2. The molecule has 0 radical (unpaired) electrons. The van der Waals surface area contributed by atoms with Gasteiger partial charge in [-0.05, 0) is 76.6 Å². The van der Waals surface area contributed by atoms with Crippen LogP contribution in [0.5, 0.6) is 0 Å². The summed E-state index contributed by atoms with van der Waals surface area (Å²) in [4.78, 5) is 42.3. The standard InChI is InChI=1S/C32H42FN7O2/c1-38-23-9-6-10-24(38)17-21(16-23)35-29(41)20-11-12-26(25(33)15-20)36-31-34-18-27-28(37-31)40(22-7-4-3-5-8-22)19-32(13-14-32)30(42)39(27)2/h11-12,15,18,21-24H,3-10,13-14,16-17,19H2,1-2H3,(H,35,41)(H,34,36,37). The van der Waals surface area contributed by atoms with Crippen molar-refractivity contribution in [2.24, 2.45) is 5.41 Å². The number of rotatable bonds is 5. The van der Waals surface area contributed by atoms with E-state index in [-0.39, 0.29) is 34.9 Å². The fraction of sp³-hybridized carbons (Fsp3) is 0.625. The van der Waals surface area contributed by atoms with E-state index in [4.69, 9.17) is 4.98 Å². The molecule has 1 aromatic carbocycles. The van der Waals surface area contributed by atoms with Gasteiger partial charge in [0.2, 0.25) is 11.9 Å². The topological polar surface area (TPSA) is 93.7 Å². The Kier molecular flexibility index (Phi) is 7.07. The van der Waals surface area contributed by atoms with Crippen molar-refractivity contribution < 1.29 is 14.0 Å². The molecule has 2 unspecified atom stereocenters. The number of amides is 2. The molecule has 1 spiro atoms. The van der Waals surface area contributed by atoms with Crippen LogP contribution in [-0.2, 0) is 4.79 Å². The van der Waals surface area contributed by atoms with Crippen LogP contribution in [0.15, 0.2) is 24.4 Å². The molecule has 3 aliphatic heterocycles. The highest BCUT2D eigenvalue weighted by molar-refractivity contribution is 6.02. The lowest BCUT2D eigenvalue weighted by Gasteiger charge is -2.47. The van der Waals surface area contributed by atoms with Gasteiger partial charge < -0.3 is 25.3 Å². The first kappa shape index (κ1) is 27.6. The maximum atomic E-state index is 15.3. The zero-order chi connectivity index (χ0) is 29.0. The number of carbonyl (C=O) groups excluding carboxylic acids is 2. The lowest BCUT2D eigenvalue weighted by Crippen LogP contribution is -2.55. The molecule has 2 saturated heterocycles. The van der Waals surface area contributed by atoms with Crippen molar-refractivity contribution >= 4 is 35.0 Å². The Labute approximate surface area is 247 Å². The molecule has 2 N–H and O–H groups in total. The van der Waals surface area contributed by atoms with Crippen molar-refractivity contribution in [2.45, 2.75) is 101 Å². The van der Waals surface area contributed by atoms with E-state index in [1.54, 1.807) is 23.2 Å². The Morgan fingerprint density at radius 2 is 1.71 bits per heavy atom.